The van der Waals surface area contributed by atoms with Crippen molar-refractivity contribution in [1.29, 1.82) is 0 Å². The third kappa shape index (κ3) is 18.0. The summed E-state index contributed by atoms with van der Waals surface area (Å²) in [6.45, 7) is 1.11. The molecule has 0 radical (unpaired) electrons. The topological polar surface area (TPSA) is 37.3 Å². The van der Waals surface area contributed by atoms with Crippen LogP contribution in [0.25, 0.3) is 0 Å². The van der Waals surface area contributed by atoms with Crippen LogP contribution in [0.3, 0.4) is 0 Å². The minimum atomic E-state index is 0.281. The van der Waals surface area contributed by atoms with Crippen LogP contribution >= 0.6 is 9.12 Å². The minimum absolute atomic E-state index is 0.281. The van der Waals surface area contributed by atoms with Gasteiger partial charge in [-0.05, 0) is 0 Å². The molecule has 0 fully saturated rings. The molecule has 0 aromatic heterocycles. The lowest BCUT2D eigenvalue weighted by Crippen LogP contribution is -2.36. The number of quaternary nitrogens is 1. The average molecular weight is 152 g/mol. The molecule has 0 amide bonds. The zero-order valence-corrected chi connectivity index (χ0v) is 7.22. The van der Waals surface area contributed by atoms with Crippen molar-refractivity contribution in [3.63, 3.8) is 0 Å². The number of nitrogens with zero attached hydrogens (tertiary/aromatic N) is 1. The number of rotatable bonds is 2. The van der Waals surface area contributed by atoms with E-state index in [9.17, 15) is 0 Å². The molecule has 0 bridgehead atoms. The van der Waals surface area contributed by atoms with Gasteiger partial charge in [-0.15, -0.1) is 0 Å². The maximum absolute atomic E-state index is 8.39. The molecule has 0 heterocycles. The summed E-state index contributed by atoms with van der Waals surface area (Å²) in [4.78, 5) is 0. The Morgan fingerprint density at radius 1 is 1.33 bits per heavy atom. The Hall–Kier alpha value is 0.0200. The normalized spacial score (nSPS) is 9.78. The Balaban J connectivity index is 0. The molecule has 0 rings (SSSR count). The lowest BCUT2D eigenvalue weighted by molar-refractivity contribution is -0.870. The van der Waals surface area contributed by atoms with Crippen molar-refractivity contribution in [1.82, 2.24) is 0 Å². The summed E-state index contributed by atoms with van der Waals surface area (Å²) in [5, 5.41) is 8.39. The first-order valence-electron chi connectivity index (χ1n) is 2.68. The second-order valence-corrected chi connectivity index (χ2v) is 2.74. The first-order chi connectivity index (χ1) is 4.06. The Morgan fingerprint density at radius 2 is 1.67 bits per heavy atom. The third-order valence-corrected chi connectivity index (χ3v) is 0.771. The van der Waals surface area contributed by atoms with Gasteiger partial charge >= 0.3 is 0 Å². The van der Waals surface area contributed by atoms with Gasteiger partial charge in [0.05, 0.1) is 27.7 Å². The summed E-state index contributed by atoms with van der Waals surface area (Å²) >= 11 is 0. The van der Waals surface area contributed by atoms with E-state index in [0.29, 0.717) is 0 Å². The molecule has 0 spiro atoms. The van der Waals surface area contributed by atoms with Crippen molar-refractivity contribution >= 4 is 9.12 Å². The molecule has 0 aliphatic carbocycles. The summed E-state index contributed by atoms with van der Waals surface area (Å²) in [6, 6.07) is 0. The molecule has 0 aromatic rings. The Morgan fingerprint density at radius 3 is 1.67 bits per heavy atom. The Kier molecular flexibility index (Phi) is 8.04. The molecule has 0 aliphatic heterocycles. The van der Waals surface area contributed by atoms with Gasteiger partial charge in [0.25, 0.3) is 0 Å². The van der Waals surface area contributed by atoms with Gasteiger partial charge in [0, 0.05) is 0 Å². The SMILES string of the molecule is C[N+](C)(C)CCO.O=P. The van der Waals surface area contributed by atoms with Crippen LogP contribution in [0.4, 0.5) is 0 Å². The number of likely N-dealkylation sites (N-methyl/N-ethyl adjacent to an activating group) is 1. The average Bonchev–Trinajstić information content (AvgIpc) is 1.69. The molecule has 4 heteroatoms. The van der Waals surface area contributed by atoms with Gasteiger partial charge in [-0.25, -0.2) is 0 Å². The maximum atomic E-state index is 8.39. The summed E-state index contributed by atoms with van der Waals surface area (Å²) in [5.74, 6) is 0. The molecular formula is C5H15NO2P+. The lowest BCUT2D eigenvalue weighted by atomic mass is 10.5. The summed E-state index contributed by atoms with van der Waals surface area (Å²) in [5.41, 5.74) is 0. The molecule has 0 aromatic carbocycles. The van der Waals surface area contributed by atoms with Crippen molar-refractivity contribution in [2.75, 3.05) is 34.3 Å². The first kappa shape index (κ1) is 11.8. The van der Waals surface area contributed by atoms with Gasteiger partial charge in [-0.2, -0.15) is 0 Å². The van der Waals surface area contributed by atoms with Crippen LogP contribution in [0.1, 0.15) is 0 Å². The van der Waals surface area contributed by atoms with Gasteiger partial charge < -0.3 is 9.59 Å². The molecule has 0 atom stereocenters. The number of hydrogen-bond donors (Lipinski definition) is 1. The summed E-state index contributed by atoms with van der Waals surface area (Å²) in [6.07, 6.45) is 0. The van der Waals surface area contributed by atoms with Crippen LogP contribution in [0.15, 0.2) is 0 Å². The minimum Gasteiger partial charge on any atom is -0.391 e. The largest absolute Gasteiger partial charge is 0.391 e. The summed E-state index contributed by atoms with van der Waals surface area (Å²) < 4.78 is 8.90. The molecule has 0 aliphatic rings. The van der Waals surface area contributed by atoms with E-state index in [1.165, 1.54) is 0 Å². The maximum Gasteiger partial charge on any atom is 0.138 e. The van der Waals surface area contributed by atoms with Crippen molar-refractivity contribution in [2.24, 2.45) is 0 Å². The fraction of sp³-hybridized carbons (Fsp3) is 1.00. The van der Waals surface area contributed by atoms with Crippen LogP contribution in [-0.4, -0.2) is 43.9 Å². The van der Waals surface area contributed by atoms with E-state index in [1.54, 1.807) is 9.12 Å². The molecule has 0 saturated carbocycles. The molecule has 56 valence electrons. The number of aliphatic hydroxyl groups excluding tert-OH is 1. The molecule has 3 nitrogen and oxygen atoms in total. The van der Waals surface area contributed by atoms with Crippen LogP contribution in [0.2, 0.25) is 0 Å². The highest BCUT2D eigenvalue weighted by Gasteiger charge is 2.02. The van der Waals surface area contributed by atoms with Crippen molar-refractivity contribution in [3.8, 4) is 0 Å². The number of aliphatic hydroxyl groups is 1. The monoisotopic (exact) mass is 152 g/mol. The van der Waals surface area contributed by atoms with Crippen LogP contribution in [0, 0.1) is 0 Å². The van der Waals surface area contributed by atoms with Crippen molar-refractivity contribution in [2.45, 2.75) is 0 Å². The highest BCUT2D eigenvalue weighted by atomic mass is 31.0. The van der Waals surface area contributed by atoms with Crippen molar-refractivity contribution < 1.29 is 14.2 Å². The lowest BCUT2D eigenvalue weighted by Gasteiger charge is -2.21. The van der Waals surface area contributed by atoms with Gasteiger partial charge in [-0.3, -0.25) is 4.57 Å². The van der Waals surface area contributed by atoms with Crippen LogP contribution < -0.4 is 0 Å². The fourth-order valence-electron chi connectivity index (χ4n) is 0.300. The molecule has 0 saturated heterocycles. The fourth-order valence-corrected chi connectivity index (χ4v) is 0.300. The van der Waals surface area contributed by atoms with Gasteiger partial charge in [0.15, 0.2) is 0 Å². The molecule has 0 unspecified atom stereocenters. The van der Waals surface area contributed by atoms with E-state index >= 15 is 0 Å². The standard InChI is InChI=1S/C5H14NO.HOP/c1-6(2,3)4-5-7;1-2/h7H,4-5H2,1-3H3;2H/q+1;. The summed E-state index contributed by atoms with van der Waals surface area (Å²) in [7, 11) is 7.88. The number of hydrogen-bond acceptors (Lipinski definition) is 2. The Bertz CT molecular complexity index is 62.5. The van der Waals surface area contributed by atoms with E-state index in [-0.39, 0.29) is 6.61 Å². The van der Waals surface area contributed by atoms with Crippen LogP contribution in [0.5, 0.6) is 0 Å². The molecule has 1 N–H and O–H groups in total. The van der Waals surface area contributed by atoms with Crippen molar-refractivity contribution in [3.05, 3.63) is 0 Å². The highest BCUT2D eigenvalue weighted by molar-refractivity contribution is 7.00. The zero-order valence-electron chi connectivity index (χ0n) is 6.22. The van der Waals surface area contributed by atoms with E-state index < -0.39 is 0 Å². The van der Waals surface area contributed by atoms with E-state index in [0.717, 1.165) is 11.0 Å². The van der Waals surface area contributed by atoms with E-state index in [1.807, 2.05) is 0 Å². The molecule has 9 heavy (non-hydrogen) atoms. The van der Waals surface area contributed by atoms with E-state index in [4.69, 9.17) is 9.67 Å². The zero-order chi connectivity index (χ0) is 7.91. The van der Waals surface area contributed by atoms with Crippen LogP contribution in [-0.2, 0) is 4.57 Å². The van der Waals surface area contributed by atoms with Gasteiger partial charge in [-0.1, -0.05) is 0 Å². The van der Waals surface area contributed by atoms with Gasteiger partial charge in [0.2, 0.25) is 0 Å². The quantitative estimate of drug-likeness (QED) is 0.452. The predicted octanol–water partition coefficient (Wildman–Crippen LogP) is 0.160. The van der Waals surface area contributed by atoms with Gasteiger partial charge in [0.1, 0.15) is 15.7 Å². The van der Waals surface area contributed by atoms with E-state index in [2.05, 4.69) is 21.1 Å². The smallest absolute Gasteiger partial charge is 0.138 e. The Labute approximate surface area is 58.5 Å². The third-order valence-electron chi connectivity index (χ3n) is 0.771. The molecular weight excluding hydrogens is 137 g/mol. The second kappa shape index (κ2) is 6.14. The second-order valence-electron chi connectivity index (χ2n) is 2.74. The highest BCUT2D eigenvalue weighted by Crippen LogP contribution is 1.84. The predicted molar refractivity (Wildman–Crippen MR) is 39.0 cm³/mol. The first-order valence-corrected chi connectivity index (χ1v) is 3.09.